The number of carbonyl (C=O) groups excluding carboxylic acids is 1. The van der Waals surface area contributed by atoms with Crippen molar-refractivity contribution in [1.29, 1.82) is 0 Å². The van der Waals surface area contributed by atoms with Crippen LogP contribution in [-0.4, -0.2) is 57.5 Å². The summed E-state index contributed by atoms with van der Waals surface area (Å²) in [6.45, 7) is 6.27. The number of nitrogens with zero attached hydrogens (tertiary/aromatic N) is 3. The van der Waals surface area contributed by atoms with Crippen LogP contribution in [0.5, 0.6) is 5.75 Å². The Morgan fingerprint density at radius 3 is 2.81 bits per heavy atom. The molecule has 9 heteroatoms. The van der Waals surface area contributed by atoms with Crippen LogP contribution in [-0.2, 0) is 11.3 Å². The third-order valence-corrected chi connectivity index (χ3v) is 5.40. The van der Waals surface area contributed by atoms with Crippen molar-refractivity contribution in [3.63, 3.8) is 0 Å². The van der Waals surface area contributed by atoms with Crippen molar-refractivity contribution in [3.05, 3.63) is 59.8 Å². The minimum atomic E-state index is -0.597. The zero-order valence-corrected chi connectivity index (χ0v) is 17.7. The van der Waals surface area contributed by atoms with E-state index >= 15 is 0 Å². The molecule has 0 saturated carbocycles. The summed E-state index contributed by atoms with van der Waals surface area (Å²) in [5.41, 5.74) is 5.13. The molecule has 9 nitrogen and oxygen atoms in total. The molecule has 0 unspecified atom stereocenters. The number of imidazole rings is 1. The van der Waals surface area contributed by atoms with E-state index in [0.29, 0.717) is 23.0 Å². The first kappa shape index (κ1) is 20.2. The molecule has 3 heterocycles. The van der Waals surface area contributed by atoms with Crippen molar-refractivity contribution in [2.75, 3.05) is 31.6 Å². The summed E-state index contributed by atoms with van der Waals surface area (Å²) < 4.78 is 10.8. The Balaban J connectivity index is 1.31. The van der Waals surface area contributed by atoms with Crippen LogP contribution in [0, 0.1) is 6.92 Å². The molecular weight excluding hydrogens is 408 g/mol. The molecule has 0 bridgehead atoms. The molecule has 1 aliphatic rings. The molecule has 1 saturated heterocycles. The molecule has 2 aromatic heterocycles. The summed E-state index contributed by atoms with van der Waals surface area (Å²) in [7, 11) is 0. The number of carbonyl (C=O) groups is 1. The van der Waals surface area contributed by atoms with Crippen LogP contribution < -0.4 is 10.1 Å². The molecule has 3 N–H and O–H groups in total. The van der Waals surface area contributed by atoms with Crippen molar-refractivity contribution < 1.29 is 14.3 Å². The summed E-state index contributed by atoms with van der Waals surface area (Å²) in [6.07, 6.45) is 0.934. The van der Waals surface area contributed by atoms with Crippen LogP contribution in [0.1, 0.15) is 11.1 Å². The lowest BCUT2D eigenvalue weighted by Crippen LogP contribution is -2.35. The van der Waals surface area contributed by atoms with E-state index in [4.69, 9.17) is 9.47 Å². The van der Waals surface area contributed by atoms with Gasteiger partial charge in [-0.05, 0) is 36.8 Å². The third-order valence-electron chi connectivity index (χ3n) is 5.40. The molecular formula is C23H24N6O3. The second kappa shape index (κ2) is 8.81. The highest BCUT2D eigenvalue weighted by Crippen LogP contribution is 2.26. The van der Waals surface area contributed by atoms with E-state index in [1.54, 1.807) is 12.1 Å². The maximum atomic E-state index is 12.3. The predicted octanol–water partition coefficient (Wildman–Crippen LogP) is 3.70. The Morgan fingerprint density at radius 2 is 2.00 bits per heavy atom. The number of ether oxygens (including phenoxy) is 2. The van der Waals surface area contributed by atoms with E-state index in [1.807, 2.05) is 25.1 Å². The van der Waals surface area contributed by atoms with Crippen molar-refractivity contribution >= 4 is 22.8 Å². The number of benzene rings is 2. The molecule has 4 aromatic rings. The summed E-state index contributed by atoms with van der Waals surface area (Å²) in [5, 5.41) is 9.69. The first-order chi connectivity index (χ1) is 15.6. The highest BCUT2D eigenvalue weighted by Gasteiger charge is 2.16. The predicted molar refractivity (Wildman–Crippen MR) is 121 cm³/mol. The molecule has 1 amide bonds. The van der Waals surface area contributed by atoms with Gasteiger partial charge in [0.1, 0.15) is 11.4 Å². The molecule has 1 aliphatic heterocycles. The summed E-state index contributed by atoms with van der Waals surface area (Å²) in [5.74, 6) is 1.06. The maximum absolute atomic E-state index is 12.3. The molecule has 2 aromatic carbocycles. The molecule has 0 spiro atoms. The number of anilines is 1. The van der Waals surface area contributed by atoms with Crippen LogP contribution in [0.25, 0.3) is 22.6 Å². The number of hydrogen-bond donors (Lipinski definition) is 3. The fourth-order valence-electron chi connectivity index (χ4n) is 3.70. The smallest absolute Gasteiger partial charge is 0.410 e. The van der Waals surface area contributed by atoms with Crippen LogP contribution in [0.2, 0.25) is 0 Å². The standard InChI is InChI=1S/C23H24N6O3/c1-15-2-5-17(6-3-15)32-23(30)27-20-13-24-28-21(20)22-25-18-7-4-16(12-19(18)26-22)14-29-8-10-31-11-9-29/h2-7,12-13H,8-11,14H2,1H3,(H,24,28)(H,25,26)(H,27,30). The lowest BCUT2D eigenvalue weighted by atomic mass is 10.2. The highest BCUT2D eigenvalue weighted by molar-refractivity contribution is 5.91. The minimum absolute atomic E-state index is 0.467. The van der Waals surface area contributed by atoms with Gasteiger partial charge in [0.2, 0.25) is 0 Å². The molecule has 0 radical (unpaired) electrons. The van der Waals surface area contributed by atoms with Gasteiger partial charge in [0.05, 0.1) is 36.1 Å². The number of hydrogen-bond acceptors (Lipinski definition) is 6. The lowest BCUT2D eigenvalue weighted by molar-refractivity contribution is 0.0342. The molecule has 164 valence electrons. The normalized spacial score (nSPS) is 14.5. The average molecular weight is 432 g/mol. The first-order valence-electron chi connectivity index (χ1n) is 10.5. The van der Waals surface area contributed by atoms with Crippen LogP contribution in [0.3, 0.4) is 0 Å². The van der Waals surface area contributed by atoms with Gasteiger partial charge in [0, 0.05) is 19.6 Å². The number of morpholine rings is 1. The number of aryl methyl sites for hydroxylation is 1. The van der Waals surface area contributed by atoms with Crippen molar-refractivity contribution in [2.24, 2.45) is 0 Å². The fourth-order valence-corrected chi connectivity index (χ4v) is 3.70. The zero-order valence-electron chi connectivity index (χ0n) is 17.7. The Kier molecular flexibility index (Phi) is 5.57. The van der Waals surface area contributed by atoms with Gasteiger partial charge in [-0.25, -0.2) is 9.78 Å². The Hall–Kier alpha value is -3.69. The van der Waals surface area contributed by atoms with E-state index in [2.05, 4.69) is 42.5 Å². The fraction of sp³-hybridized carbons (Fsp3) is 0.261. The number of amides is 1. The van der Waals surface area contributed by atoms with E-state index in [-0.39, 0.29) is 0 Å². The Labute approximate surface area is 184 Å². The van der Waals surface area contributed by atoms with Crippen LogP contribution in [0.15, 0.2) is 48.7 Å². The average Bonchev–Trinajstić information content (AvgIpc) is 3.42. The quantitative estimate of drug-likeness (QED) is 0.444. The number of aromatic amines is 2. The van der Waals surface area contributed by atoms with Gasteiger partial charge in [-0.3, -0.25) is 15.3 Å². The maximum Gasteiger partial charge on any atom is 0.417 e. The topological polar surface area (TPSA) is 108 Å². The van der Waals surface area contributed by atoms with Gasteiger partial charge in [-0.2, -0.15) is 5.10 Å². The Morgan fingerprint density at radius 1 is 1.19 bits per heavy atom. The largest absolute Gasteiger partial charge is 0.417 e. The first-order valence-corrected chi connectivity index (χ1v) is 10.5. The van der Waals surface area contributed by atoms with E-state index in [9.17, 15) is 4.79 Å². The summed E-state index contributed by atoms with van der Waals surface area (Å²) in [4.78, 5) is 22.7. The summed E-state index contributed by atoms with van der Waals surface area (Å²) in [6, 6.07) is 13.5. The molecule has 0 atom stereocenters. The minimum Gasteiger partial charge on any atom is -0.410 e. The van der Waals surface area contributed by atoms with Crippen molar-refractivity contribution in [2.45, 2.75) is 13.5 Å². The second-order valence-corrected chi connectivity index (χ2v) is 7.81. The van der Waals surface area contributed by atoms with Crippen molar-refractivity contribution in [3.8, 4) is 17.3 Å². The lowest BCUT2D eigenvalue weighted by Gasteiger charge is -2.26. The number of H-pyrrole nitrogens is 2. The van der Waals surface area contributed by atoms with Gasteiger partial charge in [0.15, 0.2) is 5.82 Å². The molecule has 1 fully saturated rings. The number of aromatic nitrogens is 4. The second-order valence-electron chi connectivity index (χ2n) is 7.81. The highest BCUT2D eigenvalue weighted by atomic mass is 16.6. The molecule has 5 rings (SSSR count). The number of rotatable bonds is 5. The van der Waals surface area contributed by atoms with E-state index < -0.39 is 6.09 Å². The SMILES string of the molecule is Cc1ccc(OC(=O)Nc2cn[nH]c2-c2nc3ccc(CN4CCOCC4)cc3[nH]2)cc1. The van der Waals surface area contributed by atoms with Gasteiger partial charge in [-0.1, -0.05) is 23.8 Å². The monoisotopic (exact) mass is 432 g/mol. The molecule has 32 heavy (non-hydrogen) atoms. The van der Waals surface area contributed by atoms with E-state index in [1.165, 1.54) is 11.8 Å². The Bertz CT molecular complexity index is 1220. The summed E-state index contributed by atoms with van der Waals surface area (Å²) >= 11 is 0. The number of fused-ring (bicyclic) bond motifs is 1. The molecule has 0 aliphatic carbocycles. The third kappa shape index (κ3) is 4.48. The number of nitrogens with one attached hydrogen (secondary N) is 3. The van der Waals surface area contributed by atoms with E-state index in [0.717, 1.165) is 49.4 Å². The van der Waals surface area contributed by atoms with Crippen LogP contribution >= 0.6 is 0 Å². The van der Waals surface area contributed by atoms with Crippen LogP contribution in [0.4, 0.5) is 10.5 Å². The van der Waals surface area contributed by atoms with Gasteiger partial charge in [-0.15, -0.1) is 0 Å². The van der Waals surface area contributed by atoms with Gasteiger partial charge in [0.25, 0.3) is 0 Å². The van der Waals surface area contributed by atoms with Gasteiger partial charge < -0.3 is 14.5 Å². The zero-order chi connectivity index (χ0) is 21.9. The van der Waals surface area contributed by atoms with Crippen molar-refractivity contribution in [1.82, 2.24) is 25.1 Å². The van der Waals surface area contributed by atoms with Gasteiger partial charge >= 0.3 is 6.09 Å².